The van der Waals surface area contributed by atoms with E-state index in [0.717, 1.165) is 12.0 Å². The van der Waals surface area contributed by atoms with Gasteiger partial charge in [0, 0.05) is 11.6 Å². The van der Waals surface area contributed by atoms with Crippen molar-refractivity contribution in [2.24, 2.45) is 0 Å². The number of methoxy groups -OCH3 is 1. The van der Waals surface area contributed by atoms with E-state index in [1.54, 1.807) is 12.1 Å². The van der Waals surface area contributed by atoms with E-state index in [-0.39, 0.29) is 0 Å². The van der Waals surface area contributed by atoms with Crippen LogP contribution in [0.2, 0.25) is 0 Å². The first-order valence-electron chi connectivity index (χ1n) is 5.75. The molecule has 2 rings (SSSR count). The van der Waals surface area contributed by atoms with Gasteiger partial charge in [0.15, 0.2) is 11.6 Å². The zero-order valence-electron chi connectivity index (χ0n) is 10.4. The van der Waals surface area contributed by atoms with Gasteiger partial charge in [0.05, 0.1) is 12.7 Å². The maximum Gasteiger partial charge on any atom is 0.175 e. The average molecular weight is 250 g/mol. The first-order valence-corrected chi connectivity index (χ1v) is 5.75. The molecule has 2 aromatic rings. The molecular weight excluding hydrogens is 235 g/mol. The molecule has 0 radical (unpaired) electrons. The predicted octanol–water partition coefficient (Wildman–Crippen LogP) is 3.02. The standard InChI is InChI=1S/C13H15FN2O2/c1-3-4-10-12(18-16-13(10)15)9-6-5-8(17-2)7-11(9)14/h5-7H,3-4H2,1-2H3,(H2,15,16). The summed E-state index contributed by atoms with van der Waals surface area (Å²) in [5.74, 6) is 0.764. The van der Waals surface area contributed by atoms with Crippen LogP contribution in [0.4, 0.5) is 10.2 Å². The normalized spacial score (nSPS) is 10.6. The largest absolute Gasteiger partial charge is 0.497 e. The maximum absolute atomic E-state index is 13.9. The highest BCUT2D eigenvalue weighted by atomic mass is 19.1. The number of nitrogens with two attached hydrogens (primary N) is 1. The summed E-state index contributed by atoms with van der Waals surface area (Å²) in [4.78, 5) is 0. The Hall–Kier alpha value is -2.04. The zero-order valence-corrected chi connectivity index (χ0v) is 10.4. The predicted molar refractivity (Wildman–Crippen MR) is 66.9 cm³/mol. The van der Waals surface area contributed by atoms with Crippen LogP contribution in [0.3, 0.4) is 0 Å². The Labute approximate surface area is 105 Å². The van der Waals surface area contributed by atoms with Crippen molar-refractivity contribution in [2.45, 2.75) is 19.8 Å². The Morgan fingerprint density at radius 1 is 1.44 bits per heavy atom. The number of halogens is 1. The maximum atomic E-state index is 13.9. The second-order valence-electron chi connectivity index (χ2n) is 3.97. The molecule has 0 atom stereocenters. The summed E-state index contributed by atoms with van der Waals surface area (Å²) in [5.41, 5.74) is 6.82. The lowest BCUT2D eigenvalue weighted by Crippen LogP contribution is -1.94. The highest BCUT2D eigenvalue weighted by Gasteiger charge is 2.18. The molecule has 96 valence electrons. The van der Waals surface area contributed by atoms with Gasteiger partial charge in [-0.05, 0) is 18.6 Å². The van der Waals surface area contributed by atoms with E-state index in [4.69, 9.17) is 15.0 Å². The van der Waals surface area contributed by atoms with Crippen molar-refractivity contribution in [3.05, 3.63) is 29.6 Å². The van der Waals surface area contributed by atoms with Crippen LogP contribution >= 0.6 is 0 Å². The van der Waals surface area contributed by atoms with Crippen molar-refractivity contribution in [2.75, 3.05) is 12.8 Å². The number of benzene rings is 1. The molecule has 0 aliphatic rings. The third kappa shape index (κ3) is 2.16. The average Bonchev–Trinajstić information content (AvgIpc) is 2.72. The minimum atomic E-state index is -0.414. The summed E-state index contributed by atoms with van der Waals surface area (Å²) in [7, 11) is 1.49. The molecule has 18 heavy (non-hydrogen) atoms. The van der Waals surface area contributed by atoms with Gasteiger partial charge < -0.3 is 15.0 Å². The molecule has 0 aliphatic carbocycles. The van der Waals surface area contributed by atoms with Gasteiger partial charge in [0.1, 0.15) is 11.6 Å². The van der Waals surface area contributed by atoms with E-state index in [2.05, 4.69) is 5.16 Å². The molecule has 0 saturated heterocycles. The van der Waals surface area contributed by atoms with Crippen molar-refractivity contribution in [1.29, 1.82) is 0 Å². The summed E-state index contributed by atoms with van der Waals surface area (Å²) in [5, 5.41) is 3.70. The minimum absolute atomic E-state index is 0.321. The van der Waals surface area contributed by atoms with E-state index >= 15 is 0 Å². The lowest BCUT2D eigenvalue weighted by Gasteiger charge is -2.04. The van der Waals surface area contributed by atoms with Gasteiger partial charge in [0.2, 0.25) is 0 Å². The SMILES string of the molecule is CCCc1c(N)noc1-c1ccc(OC)cc1F. The molecule has 0 spiro atoms. The van der Waals surface area contributed by atoms with E-state index in [1.807, 2.05) is 6.92 Å². The number of aromatic nitrogens is 1. The molecule has 1 aromatic carbocycles. The fourth-order valence-corrected chi connectivity index (χ4v) is 1.83. The zero-order chi connectivity index (χ0) is 13.1. The van der Waals surface area contributed by atoms with Gasteiger partial charge in [0.25, 0.3) is 0 Å². The second-order valence-corrected chi connectivity index (χ2v) is 3.97. The summed E-state index contributed by atoms with van der Waals surface area (Å²) < 4.78 is 24.0. The number of hydrogen-bond acceptors (Lipinski definition) is 4. The number of hydrogen-bond donors (Lipinski definition) is 1. The molecule has 0 fully saturated rings. The van der Waals surface area contributed by atoms with E-state index in [1.165, 1.54) is 13.2 Å². The molecule has 1 heterocycles. The summed E-state index contributed by atoms with van der Waals surface area (Å²) in [6, 6.07) is 4.59. The van der Waals surface area contributed by atoms with Crippen molar-refractivity contribution in [3.63, 3.8) is 0 Å². The smallest absolute Gasteiger partial charge is 0.175 e. The van der Waals surface area contributed by atoms with Crippen LogP contribution in [0.1, 0.15) is 18.9 Å². The highest BCUT2D eigenvalue weighted by molar-refractivity contribution is 5.67. The molecule has 4 nitrogen and oxygen atoms in total. The van der Waals surface area contributed by atoms with Gasteiger partial charge in [-0.15, -0.1) is 0 Å². The fourth-order valence-electron chi connectivity index (χ4n) is 1.83. The third-order valence-corrected chi connectivity index (χ3v) is 2.74. The quantitative estimate of drug-likeness (QED) is 0.906. The van der Waals surface area contributed by atoms with Crippen LogP contribution in [0.15, 0.2) is 22.7 Å². The molecule has 5 heteroatoms. The van der Waals surface area contributed by atoms with Gasteiger partial charge in [-0.1, -0.05) is 18.5 Å². The van der Waals surface area contributed by atoms with Crippen LogP contribution in [-0.4, -0.2) is 12.3 Å². The number of anilines is 1. The Morgan fingerprint density at radius 2 is 2.22 bits per heavy atom. The summed E-state index contributed by atoms with van der Waals surface area (Å²) >= 11 is 0. The van der Waals surface area contributed by atoms with Crippen LogP contribution in [0.25, 0.3) is 11.3 Å². The van der Waals surface area contributed by atoms with Crippen LogP contribution in [0, 0.1) is 5.82 Å². The molecule has 0 amide bonds. The lowest BCUT2D eigenvalue weighted by atomic mass is 10.0. The fraction of sp³-hybridized carbons (Fsp3) is 0.308. The lowest BCUT2D eigenvalue weighted by molar-refractivity contribution is 0.410. The molecular formula is C13H15FN2O2. The van der Waals surface area contributed by atoms with E-state index in [0.29, 0.717) is 29.3 Å². The Morgan fingerprint density at radius 3 is 2.83 bits per heavy atom. The van der Waals surface area contributed by atoms with Crippen molar-refractivity contribution in [1.82, 2.24) is 5.16 Å². The number of rotatable bonds is 4. The summed E-state index contributed by atoms with van der Waals surface area (Å²) in [6.45, 7) is 2.01. The molecule has 2 N–H and O–H groups in total. The van der Waals surface area contributed by atoms with Gasteiger partial charge in [-0.2, -0.15) is 0 Å². The van der Waals surface area contributed by atoms with Gasteiger partial charge in [-0.25, -0.2) is 4.39 Å². The minimum Gasteiger partial charge on any atom is -0.497 e. The monoisotopic (exact) mass is 250 g/mol. The molecule has 0 aliphatic heterocycles. The topological polar surface area (TPSA) is 61.3 Å². The number of nitrogens with zero attached hydrogens (tertiary/aromatic N) is 1. The van der Waals surface area contributed by atoms with Crippen LogP contribution in [-0.2, 0) is 6.42 Å². The van der Waals surface area contributed by atoms with Crippen molar-refractivity contribution < 1.29 is 13.7 Å². The third-order valence-electron chi connectivity index (χ3n) is 2.74. The first-order chi connectivity index (χ1) is 8.67. The summed E-state index contributed by atoms with van der Waals surface area (Å²) in [6.07, 6.45) is 1.59. The van der Waals surface area contributed by atoms with Crippen LogP contribution in [0.5, 0.6) is 5.75 Å². The number of ether oxygens (including phenoxy) is 1. The molecule has 0 bridgehead atoms. The van der Waals surface area contributed by atoms with Gasteiger partial charge >= 0.3 is 0 Å². The Bertz CT molecular complexity index is 552. The van der Waals surface area contributed by atoms with E-state index in [9.17, 15) is 4.39 Å². The first kappa shape index (κ1) is 12.4. The Kier molecular flexibility index (Phi) is 3.50. The van der Waals surface area contributed by atoms with Crippen LogP contribution < -0.4 is 10.5 Å². The second kappa shape index (κ2) is 5.08. The Balaban J connectivity index is 2.48. The van der Waals surface area contributed by atoms with Gasteiger partial charge in [-0.3, -0.25) is 0 Å². The van der Waals surface area contributed by atoms with Crippen molar-refractivity contribution >= 4 is 5.82 Å². The molecule has 1 aromatic heterocycles. The number of nitrogen functional groups attached to an aromatic ring is 1. The molecule has 0 unspecified atom stereocenters. The molecule has 0 saturated carbocycles. The highest BCUT2D eigenvalue weighted by Crippen LogP contribution is 2.32. The van der Waals surface area contributed by atoms with Crippen molar-refractivity contribution in [3.8, 4) is 17.1 Å². The van der Waals surface area contributed by atoms with E-state index < -0.39 is 5.82 Å².